The highest BCUT2D eigenvalue weighted by Gasteiger charge is 2.32. The Hall–Kier alpha value is -6.70. The summed E-state index contributed by atoms with van der Waals surface area (Å²) < 4.78 is 53.9. The van der Waals surface area contributed by atoms with E-state index in [9.17, 15) is 18.5 Å². The molecule has 3 fully saturated rings. The lowest BCUT2D eigenvalue weighted by molar-refractivity contribution is -0.120. The molecule has 7 aromatic rings. The molecule has 3 aliphatic rings. The third-order valence-corrected chi connectivity index (χ3v) is 15.1. The van der Waals surface area contributed by atoms with Crippen LogP contribution < -0.4 is 40.7 Å². The summed E-state index contributed by atoms with van der Waals surface area (Å²) in [6.45, 7) is 8.88. The van der Waals surface area contributed by atoms with Crippen LogP contribution in [0.5, 0.6) is 5.75 Å². The monoisotopic (exact) mass is 1020 g/mol. The highest BCUT2D eigenvalue weighted by atomic mass is 79.9. The number of anilines is 7. The number of aryl methyl sites for hydroxylation is 2. The predicted molar refractivity (Wildman–Crippen MR) is 267 cm³/mol. The number of carbonyl (C=O) groups excluding carboxylic acids is 2. The fraction of sp³-hybridized carbons (Fsp3) is 0.340. The van der Waals surface area contributed by atoms with E-state index in [0.29, 0.717) is 85.0 Å². The summed E-state index contributed by atoms with van der Waals surface area (Å²) in [7, 11) is 2.34. The number of imide groups is 1. The van der Waals surface area contributed by atoms with Crippen molar-refractivity contribution in [3.63, 3.8) is 0 Å². The number of pyridine rings is 1. The summed E-state index contributed by atoms with van der Waals surface area (Å²) in [6.07, 6.45) is 7.72. The van der Waals surface area contributed by atoms with Gasteiger partial charge >= 0.3 is 6.03 Å². The minimum atomic E-state index is -2.94. The van der Waals surface area contributed by atoms with E-state index < -0.39 is 19.0 Å². The molecule has 3 aliphatic heterocycles. The van der Waals surface area contributed by atoms with Gasteiger partial charge in [0.25, 0.3) is 0 Å². The van der Waals surface area contributed by atoms with Gasteiger partial charge in [0.1, 0.15) is 30.3 Å². The van der Waals surface area contributed by atoms with Crippen molar-refractivity contribution in [3.8, 4) is 16.9 Å². The van der Waals surface area contributed by atoms with Crippen molar-refractivity contribution in [3.05, 3.63) is 83.4 Å². The van der Waals surface area contributed by atoms with Crippen LogP contribution in [0.4, 0.5) is 53.9 Å². The molecule has 0 radical (unpaired) electrons. The lowest BCUT2D eigenvalue weighted by Gasteiger charge is -2.37. The van der Waals surface area contributed by atoms with Gasteiger partial charge in [0.15, 0.2) is 5.82 Å². The molecule has 3 amide bonds. The normalized spacial score (nSPS) is 17.0. The van der Waals surface area contributed by atoms with Crippen LogP contribution in [-0.4, -0.2) is 124 Å². The largest absolute Gasteiger partial charge is 0.494 e. The summed E-state index contributed by atoms with van der Waals surface area (Å²) in [5.41, 5.74) is 5.76. The molecule has 3 aromatic carbocycles. The van der Waals surface area contributed by atoms with Crippen LogP contribution in [0, 0.1) is 17.6 Å². The summed E-state index contributed by atoms with van der Waals surface area (Å²) in [4.78, 5) is 46.2. The summed E-state index contributed by atoms with van der Waals surface area (Å²) in [5.74, 6) is 0.732. The Bertz CT molecular complexity index is 3230. The molecule has 0 bridgehead atoms. The van der Waals surface area contributed by atoms with E-state index in [4.69, 9.17) is 9.72 Å². The van der Waals surface area contributed by atoms with Crippen LogP contribution in [0.2, 0.25) is 0 Å². The zero-order valence-corrected chi connectivity index (χ0v) is 41.1. The number of rotatable bonds is 12. The molecule has 4 aromatic heterocycles. The third kappa shape index (κ3) is 9.17. The van der Waals surface area contributed by atoms with Gasteiger partial charge in [0.05, 0.1) is 52.1 Å². The molecule has 0 aliphatic carbocycles. The molecule has 10 rings (SSSR count). The smallest absolute Gasteiger partial charge is 0.329 e. The summed E-state index contributed by atoms with van der Waals surface area (Å²) in [6, 6.07) is 11.6. The van der Waals surface area contributed by atoms with E-state index in [-0.39, 0.29) is 30.6 Å². The van der Waals surface area contributed by atoms with Crippen molar-refractivity contribution in [2.45, 2.75) is 12.8 Å². The van der Waals surface area contributed by atoms with E-state index in [1.54, 1.807) is 61.2 Å². The van der Waals surface area contributed by atoms with Crippen molar-refractivity contribution in [2.24, 2.45) is 20.0 Å². The van der Waals surface area contributed by atoms with Gasteiger partial charge in [-0.3, -0.25) is 34.3 Å². The van der Waals surface area contributed by atoms with Gasteiger partial charge < -0.3 is 29.7 Å². The zero-order valence-electron chi connectivity index (χ0n) is 38.6. The molecule has 3 N–H and O–H groups in total. The van der Waals surface area contributed by atoms with Crippen molar-refractivity contribution in [2.75, 3.05) is 98.1 Å². The standard InChI is InChI=1S/C47H50BrF2N14O4P/c1-59-26-28(21-53-59)30-18-37(55-46-52-23-33(48)44(57-46)54-36-7-6-35-31(16-29(49)22-51-35)43(36)69(4,5)67)41(68-3)20-39(30)63-10-8-27(25-63)24-61-12-14-62(15-13-61)40-19-38-32(17-34(40)50)45(58-60(38)2)64-11-9-42(65)56-47(64)66/h6-7,16-23,26-27H,8-15,24-25H2,1-5H3,(H,56,65,66)(H2,52,54,55,57)/t27-/m1/s1. The van der Waals surface area contributed by atoms with Crippen LogP contribution >= 0.6 is 23.1 Å². The number of hydrogen-bond donors (Lipinski definition) is 3. The quantitative estimate of drug-likeness (QED) is 0.105. The maximum Gasteiger partial charge on any atom is 0.329 e. The van der Waals surface area contributed by atoms with E-state index >= 15 is 4.39 Å². The van der Waals surface area contributed by atoms with E-state index in [1.165, 1.54) is 17.0 Å². The fourth-order valence-corrected chi connectivity index (χ4v) is 11.4. The first-order chi connectivity index (χ1) is 33.1. The van der Waals surface area contributed by atoms with Crippen LogP contribution in [0.3, 0.4) is 0 Å². The van der Waals surface area contributed by atoms with Gasteiger partial charge in [0, 0.05) is 124 Å². The highest BCUT2D eigenvalue weighted by Crippen LogP contribution is 2.44. The van der Waals surface area contributed by atoms with Gasteiger partial charge in [-0.2, -0.15) is 15.2 Å². The van der Waals surface area contributed by atoms with Crippen molar-refractivity contribution in [1.29, 1.82) is 0 Å². The highest BCUT2D eigenvalue weighted by molar-refractivity contribution is 9.10. The zero-order chi connectivity index (χ0) is 48.3. The van der Waals surface area contributed by atoms with Gasteiger partial charge in [0.2, 0.25) is 11.9 Å². The maximum absolute atomic E-state index is 15.9. The SMILES string of the molecule is COc1cc(N2CC[C@H](CN3CCN(c4cc5c(cc4F)c(N4CCC(=O)NC4=O)nn5C)CC3)C2)c(-c2cnn(C)c2)cc1Nc1ncc(Br)c(Nc2ccc3ncc(F)cc3c2P(C)(C)=O)n1. The van der Waals surface area contributed by atoms with Crippen LogP contribution in [0.25, 0.3) is 32.9 Å². The molecule has 0 saturated carbocycles. The molecule has 18 nitrogen and oxygen atoms in total. The van der Waals surface area contributed by atoms with E-state index in [2.05, 4.69) is 66.7 Å². The molecule has 22 heteroatoms. The van der Waals surface area contributed by atoms with Crippen molar-refractivity contribution < 1.29 is 27.7 Å². The number of nitrogens with one attached hydrogen (secondary N) is 3. The first-order valence-electron chi connectivity index (χ1n) is 22.5. The predicted octanol–water partition coefficient (Wildman–Crippen LogP) is 7.19. The fourth-order valence-electron chi connectivity index (χ4n) is 9.68. The molecule has 7 heterocycles. The second-order valence-electron chi connectivity index (χ2n) is 18.1. The molecule has 358 valence electrons. The molecular weight excluding hydrogens is 973 g/mol. The Morgan fingerprint density at radius 2 is 1.71 bits per heavy atom. The summed E-state index contributed by atoms with van der Waals surface area (Å²) >= 11 is 3.57. The molecule has 69 heavy (non-hydrogen) atoms. The Labute approximate surface area is 404 Å². The topological polar surface area (TPSA) is 184 Å². The molecular formula is C47H50BrF2N14O4P. The number of carbonyl (C=O) groups is 2. The average molecular weight is 1020 g/mol. The molecule has 1 atom stereocenters. The Morgan fingerprint density at radius 3 is 2.45 bits per heavy atom. The number of halogens is 3. The second-order valence-corrected chi connectivity index (χ2v) is 22.1. The van der Waals surface area contributed by atoms with Crippen molar-refractivity contribution >= 4 is 102 Å². The number of ether oxygens (including phenoxy) is 1. The van der Waals surface area contributed by atoms with Crippen LogP contribution in [0.15, 0.2) is 71.7 Å². The van der Waals surface area contributed by atoms with Gasteiger partial charge in [-0.15, -0.1) is 0 Å². The summed E-state index contributed by atoms with van der Waals surface area (Å²) in [5, 5.41) is 19.5. The van der Waals surface area contributed by atoms with Gasteiger partial charge in [-0.05, 0) is 78.0 Å². The number of hydrogen-bond acceptors (Lipinski definition) is 14. The Kier molecular flexibility index (Phi) is 12.2. The third-order valence-electron chi connectivity index (χ3n) is 13.0. The van der Waals surface area contributed by atoms with E-state index in [0.717, 1.165) is 62.2 Å². The first kappa shape index (κ1) is 46.1. The maximum atomic E-state index is 15.9. The number of urea groups is 1. The van der Waals surface area contributed by atoms with Crippen LogP contribution in [0.1, 0.15) is 12.8 Å². The Balaban J connectivity index is 0.840. The van der Waals surface area contributed by atoms with Crippen molar-refractivity contribution in [1.82, 2.24) is 44.7 Å². The molecule has 0 spiro atoms. The second kappa shape index (κ2) is 18.3. The minimum Gasteiger partial charge on any atom is -0.494 e. The number of aromatic nitrogens is 7. The van der Waals surface area contributed by atoms with Gasteiger partial charge in [-0.25, -0.2) is 18.6 Å². The number of benzene rings is 3. The molecule has 3 saturated heterocycles. The number of amides is 3. The number of piperazine rings is 1. The van der Waals surface area contributed by atoms with Crippen LogP contribution in [-0.2, 0) is 23.5 Å². The van der Waals surface area contributed by atoms with Gasteiger partial charge in [-0.1, -0.05) is 0 Å². The molecule has 0 unspecified atom stereocenters. The Morgan fingerprint density at radius 1 is 0.899 bits per heavy atom. The first-order valence-corrected chi connectivity index (χ1v) is 25.9. The lowest BCUT2D eigenvalue weighted by Crippen LogP contribution is -2.49. The minimum absolute atomic E-state index is 0.150. The number of fused-ring (bicyclic) bond motifs is 2. The number of nitrogens with zero attached hydrogens (tertiary/aromatic N) is 11. The average Bonchev–Trinajstić information content (AvgIpc) is 4.05. The lowest BCUT2D eigenvalue weighted by atomic mass is 10.0. The number of methoxy groups -OCH3 is 1. The van der Waals surface area contributed by atoms with E-state index in [1.807, 2.05) is 31.6 Å².